The van der Waals surface area contributed by atoms with E-state index < -0.39 is 0 Å². The molecule has 7 aromatic carbocycles. The molecule has 0 bridgehead atoms. The number of hydrogen-bond donors (Lipinski definition) is 0. The third-order valence-corrected chi connectivity index (χ3v) is 22.3. The van der Waals surface area contributed by atoms with Crippen LogP contribution >= 0.6 is 23.1 Å². The molecule has 0 fully saturated rings. The molecule has 0 unspecified atom stereocenters. The highest BCUT2D eigenvalue weighted by Crippen LogP contribution is 2.32. The zero-order valence-corrected chi connectivity index (χ0v) is 86.4. The standard InChI is InChI=1S/C17H17ClN.C14H18N.C13H16NO.C13H16N.C12H15N2.C11H15N4.C9H16NO.C9H14N.C7H12NO.C7H12NS/c1-17(2,3)19-14-10-6-4-8-12(14)16(18)13-9-5-7-11-15(13)19;1-14(2,3)13-10-9-11-7-5-6-8-12(11)15(13)4;1-13(2,3)14-10-9-12(15-14)11-7-5-4-6-8-11;1-13(2,3)14-10-6-8-11-7-4-5-9-12(11)14;1-12(2,3)14-9-8-13-10-6-4-5-7-11(10)14;1-11(2,3)15-13-9-12-14(15)10-7-5-4-6-8-10;1-7-6-8(2)11-10(7)9(3,4)5;1-9(2,3)10-7-5-4-6-8-10;2*1-7(2,3)8-5-4-6-9-8/h4-11H,1-3H3;5-10H,1-4H3;4-10H,1-3H3;4-10H,1-3H3;4-9H,1-3H3;4-9H,1-3H3;6H,1-5H3;4-8H,1-3H3;2*4-6H,1-3H3/q10*+1. The highest BCUT2D eigenvalue weighted by Gasteiger charge is 2.34. The van der Waals surface area contributed by atoms with Gasteiger partial charge in [-0.3, -0.25) is 0 Å². The van der Waals surface area contributed by atoms with Crippen LogP contribution in [0.15, 0.2) is 330 Å². The Balaban J connectivity index is 0.000000181. The van der Waals surface area contributed by atoms with Gasteiger partial charge in [0.05, 0.1) is 44.6 Å². The van der Waals surface area contributed by atoms with E-state index in [0.29, 0.717) is 0 Å². The van der Waals surface area contributed by atoms with Crippen LogP contribution in [0, 0.1) is 13.8 Å². The summed E-state index contributed by atoms with van der Waals surface area (Å²) in [4.78, 5) is 8.00. The van der Waals surface area contributed by atoms with Gasteiger partial charge in [0, 0.05) is 273 Å². The molecule has 0 aliphatic carbocycles. The summed E-state index contributed by atoms with van der Waals surface area (Å²) in [5, 5.41) is 16.2. The molecule has 0 amide bonds. The Labute approximate surface area is 791 Å². The first-order valence-corrected chi connectivity index (χ1v) is 46.7. The zero-order chi connectivity index (χ0) is 96.9. The number of rotatable bonds is 2. The van der Waals surface area contributed by atoms with Gasteiger partial charge in [0.25, 0.3) is 6.33 Å². The van der Waals surface area contributed by atoms with Crippen molar-refractivity contribution in [2.24, 2.45) is 7.05 Å². The highest BCUT2D eigenvalue weighted by atomic mass is 35.5. The average molecular weight is 1810 g/mol. The summed E-state index contributed by atoms with van der Waals surface area (Å²) in [6.45, 7) is 69.1. The summed E-state index contributed by atoms with van der Waals surface area (Å²) in [6, 6.07) is 84.8. The van der Waals surface area contributed by atoms with Crippen molar-refractivity contribution in [2.45, 2.75) is 277 Å². The fourth-order valence-electron chi connectivity index (χ4n) is 14.4. The Morgan fingerprint density at radius 1 is 0.382 bits per heavy atom. The summed E-state index contributed by atoms with van der Waals surface area (Å²) >= 11 is 8.33. The van der Waals surface area contributed by atoms with E-state index in [1.165, 1.54) is 49.7 Å². The van der Waals surface area contributed by atoms with Gasteiger partial charge < -0.3 is 0 Å². The molecule has 0 atom stereocenters. The Morgan fingerprint density at radius 3 is 1.32 bits per heavy atom. The average Bonchev–Trinajstić information content (AvgIpc) is 1.09. The Kier molecular flexibility index (Phi) is 35.4. The van der Waals surface area contributed by atoms with Crippen LogP contribution in [0.3, 0.4) is 0 Å². The minimum absolute atomic E-state index is 0.00377. The molecule has 0 aliphatic rings. The van der Waals surface area contributed by atoms with Crippen molar-refractivity contribution in [3.05, 3.63) is 338 Å². The van der Waals surface area contributed by atoms with Gasteiger partial charge in [0.1, 0.15) is 35.3 Å². The lowest BCUT2D eigenvalue weighted by Gasteiger charge is -2.18. The predicted octanol–water partition coefficient (Wildman–Crippen LogP) is 23.9. The van der Waals surface area contributed by atoms with Crippen molar-refractivity contribution >= 4 is 77.8 Å². The van der Waals surface area contributed by atoms with Gasteiger partial charge in [-0.1, -0.05) is 148 Å². The summed E-state index contributed by atoms with van der Waals surface area (Å²) < 4.78 is 35.6. The van der Waals surface area contributed by atoms with Crippen LogP contribution in [0.4, 0.5) is 0 Å². The van der Waals surface area contributed by atoms with E-state index in [1.807, 2.05) is 178 Å². The number of benzene rings is 7. The summed E-state index contributed by atoms with van der Waals surface area (Å²) in [6.07, 6.45) is 19.4. The van der Waals surface area contributed by atoms with Gasteiger partial charge in [-0.05, 0) is 99.5 Å². The van der Waals surface area contributed by atoms with Gasteiger partial charge in [0.2, 0.25) is 68.0 Å². The zero-order valence-electron chi connectivity index (χ0n) is 84.8. The number of para-hydroxylation sites is 7. The quantitative estimate of drug-likeness (QED) is 0.126. The first kappa shape index (κ1) is 105. The highest BCUT2D eigenvalue weighted by molar-refractivity contribution is 6.99. The smallest absolute Gasteiger partial charge is 0.244 e. The summed E-state index contributed by atoms with van der Waals surface area (Å²) in [5.41, 5.74) is 12.8. The molecule has 0 spiro atoms. The molecule has 17 aromatic rings. The maximum absolute atomic E-state index is 6.58. The van der Waals surface area contributed by atoms with Gasteiger partial charge in [-0.15, -0.1) is 3.96 Å². The second-order valence-corrected chi connectivity index (χ2v) is 43.9. The van der Waals surface area contributed by atoms with E-state index in [-0.39, 0.29) is 55.3 Å². The number of tetrazole rings is 1. The maximum Gasteiger partial charge on any atom is 0.297 e. The Bertz CT molecular complexity index is 6170. The first-order chi connectivity index (χ1) is 61.1. The molecule has 0 saturated heterocycles. The molecular weight excluding hydrogens is 1660 g/mol. The lowest BCUT2D eigenvalue weighted by Crippen LogP contribution is -2.58. The fraction of sp³-hybridized carbons (Fsp3) is 0.384. The molecule has 690 valence electrons. The van der Waals surface area contributed by atoms with Crippen LogP contribution in [-0.2, 0) is 62.3 Å². The number of hydrogen-bond acceptors (Lipinski definition) is 7. The molecule has 0 radical (unpaired) electrons. The SMILES string of the molecule is CC(C)(C)[n+]1c2ccccc2c(Cl)c2ccccc21.CC(C)(C)[n+]1ccc(-c2ccccc2)o1.CC(C)(C)[n+]1cccc2ccccc21.CC(C)(C)[n+]1ccccc1.CC(C)(C)[n+]1ccco1.CC(C)(C)[n+]1cccs1.CC(C)(C)[n+]1ccnc2ccccc21.CC(C)(C)[n+]1ncnn1-c1ccccc1.C[n+]1c(C(C)(C)C)ccc2ccccc21.Cc1cc(C)[n+](C(C)(C)C)o1. The maximum atomic E-state index is 6.58. The minimum atomic E-state index is -0.0770. The van der Waals surface area contributed by atoms with Gasteiger partial charge in [0.15, 0.2) is 76.4 Å². The Morgan fingerprint density at radius 2 is 0.878 bits per heavy atom. The number of aromatic nitrogens is 14. The van der Waals surface area contributed by atoms with Crippen LogP contribution < -0.4 is 45.8 Å². The Hall–Kier alpha value is -11.9. The molecule has 10 aromatic heterocycles. The predicted molar refractivity (Wildman–Crippen MR) is 536 cm³/mol. The number of nitrogens with zero attached hydrogens (tertiary/aromatic N) is 14. The van der Waals surface area contributed by atoms with E-state index in [9.17, 15) is 0 Å². The van der Waals surface area contributed by atoms with Crippen LogP contribution in [0.1, 0.15) is 225 Å². The van der Waals surface area contributed by atoms with Gasteiger partial charge in [-0.25, -0.2) is 23.1 Å². The lowest BCUT2D eigenvalue weighted by atomic mass is 9.90. The van der Waals surface area contributed by atoms with Crippen molar-refractivity contribution < 1.29 is 59.4 Å². The number of halogens is 1. The van der Waals surface area contributed by atoms with E-state index in [4.69, 9.17) is 25.2 Å². The third-order valence-electron chi connectivity index (χ3n) is 20.7. The van der Waals surface area contributed by atoms with E-state index in [2.05, 4.69) is 415 Å². The number of fused-ring (bicyclic) bond motifs is 5. The van der Waals surface area contributed by atoms with Crippen LogP contribution in [-0.4, -0.2) is 20.0 Å². The second-order valence-electron chi connectivity index (χ2n) is 42.6. The number of aryl methyl sites for hydroxylation is 3. The summed E-state index contributed by atoms with van der Waals surface area (Å²) in [7, 11) is 2.14. The molecule has 10 heterocycles. The van der Waals surface area contributed by atoms with Crippen LogP contribution in [0.5, 0.6) is 0 Å². The van der Waals surface area contributed by atoms with E-state index >= 15 is 0 Å². The van der Waals surface area contributed by atoms with Crippen molar-refractivity contribution in [2.75, 3.05) is 0 Å². The third kappa shape index (κ3) is 30.4. The molecule has 17 rings (SSSR count). The van der Waals surface area contributed by atoms with Crippen molar-refractivity contribution in [1.82, 2.24) is 20.0 Å². The first-order valence-electron chi connectivity index (χ1n) is 45.5. The largest absolute Gasteiger partial charge is 0.297 e. The van der Waals surface area contributed by atoms with Crippen molar-refractivity contribution in [1.29, 1.82) is 0 Å². The topological polar surface area (TPSA) is 122 Å². The molecule has 19 heteroatoms. The molecular formula is C112H151ClN14O3S+10. The second kappa shape index (κ2) is 44.4. The molecule has 0 N–H and O–H groups in total. The van der Waals surface area contributed by atoms with Crippen LogP contribution in [0.2, 0.25) is 5.02 Å². The molecule has 0 aliphatic heterocycles. The lowest BCUT2D eigenvalue weighted by molar-refractivity contribution is -0.911. The molecule has 131 heavy (non-hydrogen) atoms. The monoisotopic (exact) mass is 1810 g/mol. The molecule has 17 nitrogen and oxygen atoms in total. The van der Waals surface area contributed by atoms with E-state index in [0.717, 1.165) is 44.1 Å². The molecule has 0 saturated carbocycles. The minimum Gasteiger partial charge on any atom is -0.244 e. The van der Waals surface area contributed by atoms with Crippen LogP contribution in [0.25, 0.3) is 71.7 Å². The fourth-order valence-corrected chi connectivity index (χ4v) is 15.4. The number of pyridine rings is 4. The van der Waals surface area contributed by atoms with Crippen molar-refractivity contribution in [3.63, 3.8) is 0 Å². The van der Waals surface area contributed by atoms with Crippen molar-refractivity contribution in [3.8, 4) is 17.0 Å². The normalized spacial score (nSPS) is 11.9. The summed E-state index contributed by atoms with van der Waals surface area (Å²) in [5.74, 6) is 1.88. The van der Waals surface area contributed by atoms with Gasteiger partial charge >= 0.3 is 0 Å². The van der Waals surface area contributed by atoms with Gasteiger partial charge in [-0.2, -0.15) is 18.3 Å². The van der Waals surface area contributed by atoms with E-state index in [1.54, 1.807) is 28.9 Å².